The van der Waals surface area contributed by atoms with Crippen molar-refractivity contribution in [1.29, 1.82) is 5.41 Å². The van der Waals surface area contributed by atoms with Gasteiger partial charge in [-0.3, -0.25) is 10.1 Å². The number of amidine groups is 1. The molecule has 0 radical (unpaired) electrons. The van der Waals surface area contributed by atoms with Crippen LogP contribution in [-0.2, 0) is 6.54 Å². The molecule has 0 bridgehead atoms. The molecule has 0 atom stereocenters. The van der Waals surface area contributed by atoms with Crippen LogP contribution in [0.25, 0.3) is 0 Å². The zero-order chi connectivity index (χ0) is 13.6. The quantitative estimate of drug-likeness (QED) is 0.657. The summed E-state index contributed by atoms with van der Waals surface area (Å²) in [5.74, 6) is 1.58. The molecule has 2 aromatic rings. The first-order valence-electron chi connectivity index (χ1n) is 6.27. The largest absolute Gasteiger partial charge is 0.424 e. The van der Waals surface area contributed by atoms with Crippen LogP contribution in [0.15, 0.2) is 4.42 Å². The molecule has 8 heteroatoms. The lowest BCUT2D eigenvalue weighted by molar-refractivity contribution is 0.439. The van der Waals surface area contributed by atoms with E-state index in [2.05, 4.69) is 15.3 Å². The summed E-state index contributed by atoms with van der Waals surface area (Å²) in [6, 6.07) is 0. The zero-order valence-electron chi connectivity index (χ0n) is 11.4. The highest BCUT2D eigenvalue weighted by Gasteiger charge is 2.31. The van der Waals surface area contributed by atoms with Crippen molar-refractivity contribution >= 4 is 18.2 Å². The number of nitrogens with one attached hydrogen (secondary N) is 1. The molecule has 1 fully saturated rings. The van der Waals surface area contributed by atoms with Gasteiger partial charge < -0.3 is 10.2 Å². The van der Waals surface area contributed by atoms with E-state index in [1.807, 2.05) is 11.6 Å². The van der Waals surface area contributed by atoms with Gasteiger partial charge in [0.05, 0.1) is 0 Å². The molecule has 108 valence electrons. The number of hydrogen-bond acceptors (Lipinski definition) is 5. The Morgan fingerprint density at radius 2 is 2.10 bits per heavy atom. The Morgan fingerprint density at radius 3 is 2.60 bits per heavy atom. The minimum atomic E-state index is -0.000130. The highest BCUT2D eigenvalue weighted by molar-refractivity contribution is 5.94. The Kier molecular flexibility index (Phi) is 3.80. The van der Waals surface area contributed by atoms with Crippen LogP contribution in [0.5, 0.6) is 0 Å². The minimum Gasteiger partial charge on any atom is -0.424 e. The predicted octanol–water partition coefficient (Wildman–Crippen LogP) is 1.51. The number of hydrogen-bond donors (Lipinski definition) is 2. The molecule has 7 nitrogen and oxygen atoms in total. The maximum absolute atomic E-state index is 7.58. The first kappa shape index (κ1) is 14.5. The van der Waals surface area contributed by atoms with Crippen LogP contribution in [0.2, 0.25) is 0 Å². The molecule has 3 N–H and O–H groups in total. The van der Waals surface area contributed by atoms with Crippen molar-refractivity contribution in [2.24, 2.45) is 5.73 Å². The summed E-state index contributed by atoms with van der Waals surface area (Å²) in [5, 5.41) is 19.8. The molecule has 0 amide bonds. The van der Waals surface area contributed by atoms with Crippen LogP contribution in [0.1, 0.15) is 47.5 Å². The van der Waals surface area contributed by atoms with Gasteiger partial charge >= 0.3 is 0 Å². The van der Waals surface area contributed by atoms with Crippen LogP contribution >= 0.6 is 12.4 Å². The van der Waals surface area contributed by atoms with Crippen LogP contribution < -0.4 is 5.73 Å². The first-order chi connectivity index (χ1) is 9.06. The molecule has 0 unspecified atom stereocenters. The van der Waals surface area contributed by atoms with Gasteiger partial charge in [-0.1, -0.05) is 0 Å². The standard InChI is InChI=1S/C12H16N6O.ClH/c1-6-10(12(13)14)17-18(11(6)8-3-4-8)5-9-16-15-7(2)19-9;/h8H,3-5H2,1-2H3,(H3,13,14);1H. The average Bonchev–Trinajstić information content (AvgIpc) is 3.01. The monoisotopic (exact) mass is 296 g/mol. The fraction of sp³-hybridized carbons (Fsp3) is 0.500. The third-order valence-electron chi connectivity index (χ3n) is 3.31. The maximum atomic E-state index is 7.58. The van der Waals surface area contributed by atoms with E-state index in [9.17, 15) is 0 Å². The van der Waals surface area contributed by atoms with Crippen LogP contribution in [0.4, 0.5) is 0 Å². The van der Waals surface area contributed by atoms with Crippen LogP contribution in [0.3, 0.4) is 0 Å². The Bertz CT molecular complexity index is 642. The summed E-state index contributed by atoms with van der Waals surface area (Å²) < 4.78 is 7.23. The van der Waals surface area contributed by atoms with E-state index in [1.165, 1.54) is 0 Å². The van der Waals surface area contributed by atoms with E-state index in [-0.39, 0.29) is 18.2 Å². The van der Waals surface area contributed by atoms with Crippen LogP contribution in [-0.4, -0.2) is 25.8 Å². The topological polar surface area (TPSA) is 107 Å². The second-order valence-electron chi connectivity index (χ2n) is 4.92. The van der Waals surface area contributed by atoms with Gasteiger partial charge in [-0.2, -0.15) is 5.10 Å². The van der Waals surface area contributed by atoms with E-state index >= 15 is 0 Å². The van der Waals surface area contributed by atoms with E-state index in [4.69, 9.17) is 15.6 Å². The molecule has 2 heterocycles. The average molecular weight is 297 g/mol. The summed E-state index contributed by atoms with van der Waals surface area (Å²) in [4.78, 5) is 0. The third-order valence-corrected chi connectivity index (χ3v) is 3.31. The number of nitrogens with two attached hydrogens (primary N) is 1. The summed E-state index contributed by atoms with van der Waals surface area (Å²) in [6.45, 7) is 4.15. The van der Waals surface area contributed by atoms with Crippen molar-refractivity contribution in [2.75, 3.05) is 0 Å². The number of rotatable bonds is 4. The first-order valence-corrected chi connectivity index (χ1v) is 6.27. The van der Waals surface area contributed by atoms with Gasteiger partial charge in [-0.25, -0.2) is 0 Å². The van der Waals surface area contributed by atoms with E-state index in [1.54, 1.807) is 6.92 Å². The molecule has 3 rings (SSSR count). The third kappa shape index (κ3) is 2.53. The Morgan fingerprint density at radius 1 is 1.40 bits per heavy atom. The summed E-state index contributed by atoms with van der Waals surface area (Å²) >= 11 is 0. The van der Waals surface area contributed by atoms with Crippen molar-refractivity contribution in [3.05, 3.63) is 28.7 Å². The van der Waals surface area contributed by atoms with Crippen molar-refractivity contribution < 1.29 is 4.42 Å². The van der Waals surface area contributed by atoms with Crippen LogP contribution in [0, 0.1) is 19.3 Å². The Hall–Kier alpha value is -1.89. The Balaban J connectivity index is 0.00000147. The van der Waals surface area contributed by atoms with Gasteiger partial charge in [0, 0.05) is 24.1 Å². The number of nitrogens with zero attached hydrogens (tertiary/aromatic N) is 4. The molecular formula is C12H17ClN6O. The molecule has 1 aliphatic rings. The van der Waals surface area contributed by atoms with Crippen molar-refractivity contribution in [2.45, 2.75) is 39.2 Å². The SMILES string of the molecule is Cc1nnc(Cn2nc(C(=N)N)c(C)c2C2CC2)o1.Cl. The molecule has 0 spiro atoms. The number of aryl methyl sites for hydroxylation is 1. The highest BCUT2D eigenvalue weighted by atomic mass is 35.5. The summed E-state index contributed by atoms with van der Waals surface area (Å²) in [6.07, 6.45) is 2.32. The van der Waals surface area contributed by atoms with Crippen molar-refractivity contribution in [3.8, 4) is 0 Å². The van der Waals surface area contributed by atoms with Gasteiger partial charge in [-0.05, 0) is 19.8 Å². The van der Waals surface area contributed by atoms with Gasteiger partial charge in [0.25, 0.3) is 0 Å². The fourth-order valence-corrected chi connectivity index (χ4v) is 2.34. The maximum Gasteiger partial charge on any atom is 0.237 e. The van der Waals surface area contributed by atoms with Gasteiger partial charge in [-0.15, -0.1) is 22.6 Å². The van der Waals surface area contributed by atoms with Gasteiger partial charge in [0.15, 0.2) is 0 Å². The lowest BCUT2D eigenvalue weighted by atomic mass is 10.1. The summed E-state index contributed by atoms with van der Waals surface area (Å²) in [7, 11) is 0. The molecule has 0 saturated heterocycles. The molecule has 0 aliphatic heterocycles. The minimum absolute atomic E-state index is 0. The number of nitrogen functional groups attached to an aromatic ring is 1. The molecule has 0 aromatic carbocycles. The fourth-order valence-electron chi connectivity index (χ4n) is 2.34. The second-order valence-corrected chi connectivity index (χ2v) is 4.92. The van der Waals surface area contributed by atoms with E-state index in [0.29, 0.717) is 29.9 Å². The Labute approximate surface area is 122 Å². The molecule has 2 aromatic heterocycles. The van der Waals surface area contributed by atoms with Gasteiger partial charge in [0.2, 0.25) is 11.8 Å². The summed E-state index contributed by atoms with van der Waals surface area (Å²) in [5.41, 5.74) is 8.26. The smallest absolute Gasteiger partial charge is 0.237 e. The van der Waals surface area contributed by atoms with Crippen molar-refractivity contribution in [1.82, 2.24) is 20.0 Å². The number of aromatic nitrogens is 4. The lowest BCUT2D eigenvalue weighted by Gasteiger charge is -2.04. The van der Waals surface area contributed by atoms with E-state index in [0.717, 1.165) is 24.1 Å². The van der Waals surface area contributed by atoms with E-state index < -0.39 is 0 Å². The molecule has 1 saturated carbocycles. The van der Waals surface area contributed by atoms with Gasteiger partial charge in [0.1, 0.15) is 18.1 Å². The number of halogens is 1. The molecule has 20 heavy (non-hydrogen) atoms. The predicted molar refractivity (Wildman–Crippen MR) is 75.3 cm³/mol. The molecular weight excluding hydrogens is 280 g/mol. The lowest BCUT2D eigenvalue weighted by Crippen LogP contribution is -2.14. The van der Waals surface area contributed by atoms with Crippen molar-refractivity contribution in [3.63, 3.8) is 0 Å². The molecule has 1 aliphatic carbocycles. The highest BCUT2D eigenvalue weighted by Crippen LogP contribution is 2.42. The zero-order valence-corrected chi connectivity index (χ0v) is 12.2. The second kappa shape index (κ2) is 5.24. The normalized spacial score (nSPS) is 14.1.